The number of nitrogens with zero attached hydrogens (tertiary/aromatic N) is 2. The predicted molar refractivity (Wildman–Crippen MR) is 93.8 cm³/mol. The second-order valence-corrected chi connectivity index (χ2v) is 6.89. The Morgan fingerprint density at radius 1 is 1.00 bits per heavy atom. The summed E-state index contributed by atoms with van der Waals surface area (Å²) in [5.41, 5.74) is 2.78. The van der Waals surface area contributed by atoms with E-state index in [4.69, 9.17) is 4.98 Å². The highest BCUT2D eigenvalue weighted by Gasteiger charge is 2.25. The number of hydrogen-bond donors (Lipinski definition) is 0. The maximum Gasteiger partial charge on any atom is 0.232 e. The van der Waals surface area contributed by atoms with Crippen molar-refractivity contribution in [1.29, 1.82) is 0 Å². The highest BCUT2D eigenvalue weighted by Crippen LogP contribution is 2.26. The number of aryl methyl sites for hydroxylation is 1. The summed E-state index contributed by atoms with van der Waals surface area (Å²) in [6.45, 7) is 6.28. The van der Waals surface area contributed by atoms with Crippen molar-refractivity contribution in [3.8, 4) is 0 Å². The van der Waals surface area contributed by atoms with Crippen LogP contribution in [0.3, 0.4) is 0 Å². The van der Waals surface area contributed by atoms with Gasteiger partial charge in [-0.2, -0.15) is 0 Å². The number of fused-ring (bicyclic) bond motifs is 1. The molecule has 0 amide bonds. The zero-order valence-corrected chi connectivity index (χ0v) is 13.9. The smallest absolute Gasteiger partial charge is 0.232 e. The second kappa shape index (κ2) is 5.99. The molecule has 118 valence electrons. The second-order valence-electron chi connectivity index (χ2n) is 6.89. The number of imidazole rings is 1. The van der Waals surface area contributed by atoms with Crippen LogP contribution in [0.5, 0.6) is 0 Å². The molecule has 0 aliphatic rings. The van der Waals surface area contributed by atoms with Gasteiger partial charge in [0.25, 0.3) is 0 Å². The Bertz CT molecular complexity index is 826. The van der Waals surface area contributed by atoms with E-state index in [0.29, 0.717) is 6.42 Å². The largest absolute Gasteiger partial charge is 0.274 e. The maximum atomic E-state index is 12.9. The topological polar surface area (TPSA) is 34.9 Å². The van der Waals surface area contributed by atoms with Gasteiger partial charge >= 0.3 is 0 Å². The van der Waals surface area contributed by atoms with E-state index in [1.54, 1.807) is 4.57 Å². The third kappa shape index (κ3) is 3.19. The first-order valence-corrected chi connectivity index (χ1v) is 8.02. The lowest BCUT2D eigenvalue weighted by atomic mass is 9.95. The van der Waals surface area contributed by atoms with E-state index in [1.165, 1.54) is 5.56 Å². The lowest BCUT2D eigenvalue weighted by molar-refractivity contribution is 0.0900. The highest BCUT2D eigenvalue weighted by atomic mass is 16.2. The van der Waals surface area contributed by atoms with E-state index in [9.17, 15) is 4.79 Å². The van der Waals surface area contributed by atoms with Crippen molar-refractivity contribution in [3.63, 3.8) is 0 Å². The summed E-state index contributed by atoms with van der Waals surface area (Å²) in [6.07, 6.45) is 1.23. The molecule has 1 heterocycles. The summed E-state index contributed by atoms with van der Waals surface area (Å²) in [5, 5.41) is 0. The first-order chi connectivity index (χ1) is 11.0. The molecule has 0 unspecified atom stereocenters. The molecule has 0 bridgehead atoms. The van der Waals surface area contributed by atoms with E-state index in [0.717, 1.165) is 23.3 Å². The molecule has 0 radical (unpaired) electrons. The summed E-state index contributed by atoms with van der Waals surface area (Å²) in [6, 6.07) is 18.0. The minimum absolute atomic E-state index is 0.104. The number of benzene rings is 2. The molecule has 0 aliphatic carbocycles. The van der Waals surface area contributed by atoms with E-state index in [2.05, 4.69) is 32.9 Å². The van der Waals surface area contributed by atoms with Crippen molar-refractivity contribution < 1.29 is 4.79 Å². The van der Waals surface area contributed by atoms with Crippen LogP contribution in [0.1, 0.15) is 43.4 Å². The van der Waals surface area contributed by atoms with Gasteiger partial charge in [-0.15, -0.1) is 0 Å². The third-order valence-corrected chi connectivity index (χ3v) is 3.95. The maximum absolute atomic E-state index is 12.9. The summed E-state index contributed by atoms with van der Waals surface area (Å²) in [4.78, 5) is 17.6. The number of carbonyl (C=O) groups excluding carboxylic acids is 1. The third-order valence-electron chi connectivity index (χ3n) is 3.95. The Labute approximate surface area is 137 Å². The van der Waals surface area contributed by atoms with Gasteiger partial charge < -0.3 is 0 Å². The minimum Gasteiger partial charge on any atom is -0.274 e. The summed E-state index contributed by atoms with van der Waals surface area (Å²) >= 11 is 0. The van der Waals surface area contributed by atoms with Crippen molar-refractivity contribution in [1.82, 2.24) is 9.55 Å². The highest BCUT2D eigenvalue weighted by molar-refractivity contribution is 5.91. The Hall–Kier alpha value is -2.42. The lowest BCUT2D eigenvalue weighted by Crippen LogP contribution is -2.23. The molecule has 1 aromatic heterocycles. The molecule has 0 atom stereocenters. The minimum atomic E-state index is -0.179. The quantitative estimate of drug-likeness (QED) is 0.708. The van der Waals surface area contributed by atoms with Crippen molar-refractivity contribution in [2.75, 3.05) is 0 Å². The molecule has 3 aromatic rings. The average Bonchev–Trinajstić information content (AvgIpc) is 2.93. The van der Waals surface area contributed by atoms with Crippen LogP contribution in [0.25, 0.3) is 11.0 Å². The van der Waals surface area contributed by atoms with Gasteiger partial charge in [-0.25, -0.2) is 4.98 Å². The van der Waals surface area contributed by atoms with Crippen molar-refractivity contribution in [3.05, 3.63) is 66.0 Å². The molecule has 0 N–H and O–H groups in total. The fraction of sp³-hybridized carbons (Fsp3) is 0.300. The number of aromatic nitrogens is 2. The molecular formula is C20H22N2O. The molecule has 0 spiro atoms. The Morgan fingerprint density at radius 3 is 2.35 bits per heavy atom. The average molecular weight is 306 g/mol. The zero-order chi connectivity index (χ0) is 16.4. The van der Waals surface area contributed by atoms with Gasteiger partial charge in [0.1, 0.15) is 5.82 Å². The summed E-state index contributed by atoms with van der Waals surface area (Å²) < 4.78 is 1.80. The van der Waals surface area contributed by atoms with E-state index in [1.807, 2.05) is 42.5 Å². The van der Waals surface area contributed by atoms with Gasteiger partial charge in [0.05, 0.1) is 11.0 Å². The van der Waals surface area contributed by atoms with Crippen LogP contribution >= 0.6 is 0 Å². The van der Waals surface area contributed by atoms with E-state index >= 15 is 0 Å². The van der Waals surface area contributed by atoms with Crippen LogP contribution < -0.4 is 0 Å². The monoisotopic (exact) mass is 306 g/mol. The number of hydrogen-bond acceptors (Lipinski definition) is 2. The molecule has 23 heavy (non-hydrogen) atoms. The summed E-state index contributed by atoms with van der Waals surface area (Å²) in [7, 11) is 0. The molecule has 0 aliphatic heterocycles. The molecule has 0 fully saturated rings. The molecule has 3 heteroatoms. The number of rotatable bonds is 3. The lowest BCUT2D eigenvalue weighted by Gasteiger charge is -2.19. The molecule has 2 aromatic carbocycles. The molecule has 0 saturated heterocycles. The van der Waals surface area contributed by atoms with Gasteiger partial charge in [-0.05, 0) is 24.1 Å². The zero-order valence-electron chi connectivity index (χ0n) is 13.9. The standard InChI is InChI=1S/C20H22N2O/c1-20(2,3)19-21-16-11-7-8-12-17(16)22(19)18(23)14-13-15-9-5-4-6-10-15/h4-12H,13-14H2,1-3H3. The first kappa shape index (κ1) is 15.5. The Kier molecular flexibility index (Phi) is 4.03. The van der Waals surface area contributed by atoms with E-state index < -0.39 is 0 Å². The molecule has 3 rings (SSSR count). The van der Waals surface area contributed by atoms with Crippen LogP contribution in [0.2, 0.25) is 0 Å². The van der Waals surface area contributed by atoms with Gasteiger partial charge in [0, 0.05) is 11.8 Å². The molecule has 3 nitrogen and oxygen atoms in total. The fourth-order valence-electron chi connectivity index (χ4n) is 2.79. The van der Waals surface area contributed by atoms with Crippen LogP contribution in [0.15, 0.2) is 54.6 Å². The van der Waals surface area contributed by atoms with Crippen LogP contribution in [-0.2, 0) is 11.8 Å². The van der Waals surface area contributed by atoms with Gasteiger partial charge in [-0.3, -0.25) is 9.36 Å². The fourth-order valence-corrected chi connectivity index (χ4v) is 2.79. The number of para-hydroxylation sites is 2. The van der Waals surface area contributed by atoms with E-state index in [-0.39, 0.29) is 11.3 Å². The van der Waals surface area contributed by atoms with Gasteiger partial charge in [0.2, 0.25) is 5.91 Å². The predicted octanol–water partition coefficient (Wildman–Crippen LogP) is 4.61. The first-order valence-electron chi connectivity index (χ1n) is 8.02. The Morgan fingerprint density at radius 2 is 1.65 bits per heavy atom. The SMILES string of the molecule is CC(C)(C)c1nc2ccccc2n1C(=O)CCc1ccccc1. The van der Waals surface area contributed by atoms with Crippen LogP contribution in [-0.4, -0.2) is 15.5 Å². The summed E-state index contributed by atoms with van der Waals surface area (Å²) in [5.74, 6) is 0.934. The van der Waals surface area contributed by atoms with Crippen LogP contribution in [0.4, 0.5) is 0 Å². The number of carbonyl (C=O) groups is 1. The Balaban J connectivity index is 1.96. The van der Waals surface area contributed by atoms with Gasteiger partial charge in [-0.1, -0.05) is 63.2 Å². The van der Waals surface area contributed by atoms with Crippen LogP contribution in [0, 0.1) is 0 Å². The van der Waals surface area contributed by atoms with Gasteiger partial charge in [0.15, 0.2) is 0 Å². The normalized spacial score (nSPS) is 11.8. The van der Waals surface area contributed by atoms with Crippen molar-refractivity contribution in [2.45, 2.75) is 39.0 Å². The molecular weight excluding hydrogens is 284 g/mol. The van der Waals surface area contributed by atoms with Crippen molar-refractivity contribution in [2.24, 2.45) is 0 Å². The van der Waals surface area contributed by atoms with Crippen molar-refractivity contribution >= 4 is 16.9 Å². The molecule has 0 saturated carbocycles.